The Kier molecular flexibility index (Phi) is 5.15. The zero-order chi connectivity index (χ0) is 15.1. The Morgan fingerprint density at radius 3 is 2.57 bits per heavy atom. The van der Waals surface area contributed by atoms with Gasteiger partial charge in [-0.15, -0.1) is 0 Å². The second-order valence-corrected chi connectivity index (χ2v) is 4.72. The van der Waals surface area contributed by atoms with Crippen molar-refractivity contribution >= 4 is 11.7 Å². The van der Waals surface area contributed by atoms with Crippen LogP contribution in [-0.4, -0.2) is 21.7 Å². The Balaban J connectivity index is 1.76. The summed E-state index contributed by atoms with van der Waals surface area (Å²) in [5.74, 6) is -0.181. The van der Waals surface area contributed by atoms with E-state index in [1.165, 1.54) is 6.33 Å². The number of nitrogens with one attached hydrogen (secondary N) is 1. The molecule has 2 rings (SSSR count). The van der Waals surface area contributed by atoms with Crippen LogP contribution in [0.2, 0.25) is 0 Å². The van der Waals surface area contributed by atoms with E-state index in [2.05, 4.69) is 15.3 Å². The van der Waals surface area contributed by atoms with E-state index in [-0.39, 0.29) is 24.5 Å². The van der Waals surface area contributed by atoms with Gasteiger partial charge in [-0.2, -0.15) is 0 Å². The van der Waals surface area contributed by atoms with Gasteiger partial charge in [-0.05, 0) is 13.0 Å². The Labute approximate surface area is 123 Å². The van der Waals surface area contributed by atoms with Gasteiger partial charge in [0.25, 0.3) is 0 Å². The minimum atomic E-state index is -0.157. The van der Waals surface area contributed by atoms with Crippen LogP contribution in [0.5, 0.6) is 0 Å². The van der Waals surface area contributed by atoms with E-state index >= 15 is 0 Å². The molecule has 0 atom stereocenters. The van der Waals surface area contributed by atoms with Crippen LogP contribution >= 0.6 is 0 Å². The van der Waals surface area contributed by atoms with Crippen molar-refractivity contribution in [1.29, 1.82) is 0 Å². The average molecular weight is 283 g/mol. The minimum absolute atomic E-state index is 0.0244. The summed E-state index contributed by atoms with van der Waals surface area (Å²) in [5, 5.41) is 2.75. The number of aromatic nitrogens is 2. The molecule has 0 aliphatic heterocycles. The molecule has 0 aliphatic carbocycles. The summed E-state index contributed by atoms with van der Waals surface area (Å²) in [6, 6.07) is 10.8. The summed E-state index contributed by atoms with van der Waals surface area (Å²) < 4.78 is 0. The maximum absolute atomic E-state index is 11.9. The average Bonchev–Trinajstić information content (AvgIpc) is 2.51. The number of Topliss-reactive ketones (excluding diaryl/α,β-unsaturated/α-hetero) is 1. The van der Waals surface area contributed by atoms with Crippen LogP contribution < -0.4 is 5.32 Å². The Morgan fingerprint density at radius 2 is 1.86 bits per heavy atom. The molecule has 1 heterocycles. The zero-order valence-electron chi connectivity index (χ0n) is 11.9. The van der Waals surface area contributed by atoms with E-state index < -0.39 is 0 Å². The molecule has 5 heteroatoms. The van der Waals surface area contributed by atoms with E-state index in [9.17, 15) is 9.59 Å². The van der Waals surface area contributed by atoms with E-state index in [0.29, 0.717) is 12.1 Å². The molecule has 0 spiro atoms. The second-order valence-electron chi connectivity index (χ2n) is 4.72. The van der Waals surface area contributed by atoms with Gasteiger partial charge in [0.15, 0.2) is 5.78 Å². The maximum atomic E-state index is 11.9. The van der Waals surface area contributed by atoms with E-state index in [1.807, 2.05) is 31.2 Å². The number of nitrogens with zero attached hydrogens (tertiary/aromatic N) is 2. The molecule has 1 N–H and O–H groups in total. The molecule has 2 aromatic rings. The van der Waals surface area contributed by atoms with Crippen LogP contribution in [0, 0.1) is 6.92 Å². The lowest BCUT2D eigenvalue weighted by Gasteiger charge is -2.05. The maximum Gasteiger partial charge on any atom is 0.220 e. The fraction of sp³-hybridized carbons (Fsp3) is 0.250. The largest absolute Gasteiger partial charge is 0.350 e. The fourth-order valence-electron chi connectivity index (χ4n) is 1.88. The molecule has 108 valence electrons. The number of rotatable bonds is 6. The van der Waals surface area contributed by atoms with Crippen LogP contribution in [0.4, 0.5) is 0 Å². The smallest absolute Gasteiger partial charge is 0.220 e. The second kappa shape index (κ2) is 7.28. The zero-order valence-corrected chi connectivity index (χ0v) is 11.9. The molecule has 0 fully saturated rings. The number of carbonyl (C=O) groups is 2. The van der Waals surface area contributed by atoms with Gasteiger partial charge < -0.3 is 5.32 Å². The topological polar surface area (TPSA) is 72.0 Å². The monoisotopic (exact) mass is 283 g/mol. The Bertz CT molecular complexity index is 626. The third-order valence-electron chi connectivity index (χ3n) is 3.00. The highest BCUT2D eigenvalue weighted by molar-refractivity contribution is 5.97. The highest BCUT2D eigenvalue weighted by Gasteiger charge is 2.09. The van der Waals surface area contributed by atoms with Crippen molar-refractivity contribution in [2.75, 3.05) is 0 Å². The number of hydrogen-bond donors (Lipinski definition) is 1. The first kappa shape index (κ1) is 14.8. The molecule has 0 radical (unpaired) electrons. The SMILES string of the molecule is Cc1cc(CNC(=O)CCC(=O)c2ccccc2)ncn1. The van der Waals surface area contributed by atoms with Crippen molar-refractivity contribution in [1.82, 2.24) is 15.3 Å². The summed E-state index contributed by atoms with van der Waals surface area (Å²) in [6.07, 6.45) is 1.85. The summed E-state index contributed by atoms with van der Waals surface area (Å²) in [4.78, 5) is 31.7. The molecular weight excluding hydrogens is 266 g/mol. The third kappa shape index (κ3) is 4.80. The third-order valence-corrected chi connectivity index (χ3v) is 3.00. The summed E-state index contributed by atoms with van der Waals surface area (Å²) in [7, 11) is 0. The highest BCUT2D eigenvalue weighted by Crippen LogP contribution is 2.05. The minimum Gasteiger partial charge on any atom is -0.350 e. The Morgan fingerprint density at radius 1 is 1.10 bits per heavy atom. The lowest BCUT2D eigenvalue weighted by atomic mass is 10.1. The van der Waals surface area contributed by atoms with E-state index in [0.717, 1.165) is 11.4 Å². The molecule has 21 heavy (non-hydrogen) atoms. The lowest BCUT2D eigenvalue weighted by Crippen LogP contribution is -2.23. The van der Waals surface area contributed by atoms with Gasteiger partial charge in [-0.25, -0.2) is 9.97 Å². The number of benzene rings is 1. The van der Waals surface area contributed by atoms with Crippen molar-refractivity contribution < 1.29 is 9.59 Å². The number of ketones is 1. The first-order valence-electron chi connectivity index (χ1n) is 6.77. The van der Waals surface area contributed by atoms with Crippen LogP contribution in [0.15, 0.2) is 42.7 Å². The molecule has 0 unspecified atom stereocenters. The number of hydrogen-bond acceptors (Lipinski definition) is 4. The molecule has 1 aromatic carbocycles. The molecule has 1 aromatic heterocycles. The molecule has 0 saturated carbocycles. The van der Waals surface area contributed by atoms with Gasteiger partial charge in [-0.1, -0.05) is 30.3 Å². The normalized spacial score (nSPS) is 10.1. The molecule has 0 saturated heterocycles. The van der Waals surface area contributed by atoms with Gasteiger partial charge in [0.05, 0.1) is 12.2 Å². The fourth-order valence-corrected chi connectivity index (χ4v) is 1.88. The predicted molar refractivity (Wildman–Crippen MR) is 78.6 cm³/mol. The predicted octanol–water partition coefficient (Wildman–Crippen LogP) is 2.06. The number of carbonyl (C=O) groups excluding carboxylic acids is 2. The van der Waals surface area contributed by atoms with Gasteiger partial charge in [-0.3, -0.25) is 9.59 Å². The molecule has 0 bridgehead atoms. The van der Waals surface area contributed by atoms with Gasteiger partial charge in [0.2, 0.25) is 5.91 Å². The first-order valence-corrected chi connectivity index (χ1v) is 6.77. The molecular formula is C16H17N3O2. The number of amides is 1. The first-order chi connectivity index (χ1) is 10.1. The van der Waals surface area contributed by atoms with E-state index in [1.54, 1.807) is 12.1 Å². The molecule has 5 nitrogen and oxygen atoms in total. The van der Waals surface area contributed by atoms with Gasteiger partial charge in [0.1, 0.15) is 6.33 Å². The summed E-state index contributed by atoms with van der Waals surface area (Å²) >= 11 is 0. The van der Waals surface area contributed by atoms with Crippen molar-refractivity contribution in [3.8, 4) is 0 Å². The van der Waals surface area contributed by atoms with Crippen molar-refractivity contribution in [2.24, 2.45) is 0 Å². The summed E-state index contributed by atoms with van der Waals surface area (Å²) in [5.41, 5.74) is 2.25. The van der Waals surface area contributed by atoms with E-state index in [4.69, 9.17) is 0 Å². The van der Waals surface area contributed by atoms with Crippen LogP contribution in [0.3, 0.4) is 0 Å². The number of aryl methyl sites for hydroxylation is 1. The molecule has 0 aliphatic rings. The van der Waals surface area contributed by atoms with Crippen LogP contribution in [-0.2, 0) is 11.3 Å². The highest BCUT2D eigenvalue weighted by atomic mass is 16.2. The lowest BCUT2D eigenvalue weighted by molar-refractivity contribution is -0.121. The van der Waals surface area contributed by atoms with Crippen molar-refractivity contribution in [3.05, 3.63) is 59.7 Å². The van der Waals surface area contributed by atoms with Crippen molar-refractivity contribution in [3.63, 3.8) is 0 Å². The summed E-state index contributed by atoms with van der Waals surface area (Å²) in [6.45, 7) is 2.22. The van der Waals surface area contributed by atoms with Crippen LogP contribution in [0.25, 0.3) is 0 Å². The standard InChI is InChI=1S/C16H17N3O2/c1-12-9-14(19-11-18-12)10-17-16(21)8-7-15(20)13-5-3-2-4-6-13/h2-6,9,11H,7-8,10H2,1H3,(H,17,21). The van der Waals surface area contributed by atoms with Crippen molar-refractivity contribution in [2.45, 2.75) is 26.3 Å². The quantitative estimate of drug-likeness (QED) is 0.824. The molecule has 1 amide bonds. The Hall–Kier alpha value is -2.56. The van der Waals surface area contributed by atoms with Crippen LogP contribution in [0.1, 0.15) is 34.6 Å². The van der Waals surface area contributed by atoms with Gasteiger partial charge in [0, 0.05) is 24.1 Å². The van der Waals surface area contributed by atoms with Gasteiger partial charge >= 0.3 is 0 Å².